The maximum Gasteiger partial charge on any atom is 0.344 e. The largest absolute Gasteiger partial charge is 0.492 e. The normalized spacial score (nSPS) is 23.6. The monoisotopic (exact) mass is 296 g/mol. The minimum Gasteiger partial charge on any atom is -0.492 e. The van der Waals surface area contributed by atoms with Crippen LogP contribution in [0.5, 0.6) is 5.75 Å². The van der Waals surface area contributed by atoms with Gasteiger partial charge in [-0.1, -0.05) is 6.07 Å². The van der Waals surface area contributed by atoms with Crippen LogP contribution in [0, 0.1) is 5.92 Å². The van der Waals surface area contributed by atoms with Crippen molar-refractivity contribution < 1.29 is 13.2 Å². The van der Waals surface area contributed by atoms with Gasteiger partial charge < -0.3 is 15.8 Å². The fourth-order valence-electron chi connectivity index (χ4n) is 2.40. The summed E-state index contributed by atoms with van der Waals surface area (Å²) in [4.78, 5) is 0. The van der Waals surface area contributed by atoms with E-state index in [1.165, 1.54) is 0 Å². The third kappa shape index (κ3) is 2.56. The van der Waals surface area contributed by atoms with Crippen molar-refractivity contribution in [3.63, 3.8) is 0 Å². The first kappa shape index (κ1) is 13.2. The highest BCUT2D eigenvalue weighted by atomic mass is 32.2. The lowest BCUT2D eigenvalue weighted by molar-refractivity contribution is 0.260. The van der Waals surface area contributed by atoms with Crippen LogP contribution in [0.25, 0.3) is 0 Å². The lowest BCUT2D eigenvalue weighted by Gasteiger charge is -2.20. The minimum atomic E-state index is -3.75. The van der Waals surface area contributed by atoms with Gasteiger partial charge in [0.15, 0.2) is 5.84 Å². The zero-order chi connectivity index (χ0) is 14.2. The number of ether oxygens (including phenoxy) is 1. The van der Waals surface area contributed by atoms with Gasteiger partial charge in [0.05, 0.1) is 17.9 Å². The van der Waals surface area contributed by atoms with E-state index in [1.807, 2.05) is 0 Å². The van der Waals surface area contributed by atoms with E-state index in [2.05, 4.69) is 14.4 Å². The van der Waals surface area contributed by atoms with Crippen molar-refractivity contribution >= 4 is 21.7 Å². The van der Waals surface area contributed by atoms with Crippen molar-refractivity contribution in [2.75, 3.05) is 24.4 Å². The second kappa shape index (κ2) is 4.95. The summed E-state index contributed by atoms with van der Waals surface area (Å²) in [7, 11) is -3.75. The lowest BCUT2D eigenvalue weighted by Crippen LogP contribution is -2.27. The molecular formula is C12H16N4O3S. The third-order valence-corrected chi connectivity index (χ3v) is 4.29. The summed E-state index contributed by atoms with van der Waals surface area (Å²) < 4.78 is 34.5. The molecule has 0 spiro atoms. The number of anilines is 1. The molecule has 7 nitrogen and oxygen atoms in total. The van der Waals surface area contributed by atoms with Crippen molar-refractivity contribution in [2.45, 2.75) is 6.42 Å². The summed E-state index contributed by atoms with van der Waals surface area (Å²) in [5.41, 5.74) is 6.66. The molecule has 0 bridgehead atoms. The van der Waals surface area contributed by atoms with E-state index in [-0.39, 0.29) is 5.84 Å². The molecule has 0 radical (unpaired) electrons. The van der Waals surface area contributed by atoms with Gasteiger partial charge in [-0.05, 0) is 25.1 Å². The van der Waals surface area contributed by atoms with Crippen LogP contribution in [0.2, 0.25) is 0 Å². The summed E-state index contributed by atoms with van der Waals surface area (Å²) in [5.74, 6) is 0.973. The number of nitrogens with one attached hydrogen (secondary N) is 2. The van der Waals surface area contributed by atoms with Gasteiger partial charge in [0.1, 0.15) is 5.75 Å². The van der Waals surface area contributed by atoms with Crippen LogP contribution in [-0.2, 0) is 10.2 Å². The van der Waals surface area contributed by atoms with Gasteiger partial charge in [0, 0.05) is 12.5 Å². The average Bonchev–Trinajstić information content (AvgIpc) is 2.87. The molecule has 0 saturated carbocycles. The van der Waals surface area contributed by atoms with Crippen LogP contribution in [0.15, 0.2) is 22.6 Å². The molecule has 1 saturated heterocycles. The Labute approximate surface area is 117 Å². The number of nitrogens with two attached hydrogens (primary N) is 1. The highest BCUT2D eigenvalue weighted by molar-refractivity contribution is 7.91. The Bertz CT molecular complexity index is 651. The number of nitrogens with zero attached hydrogens (tertiary/aromatic N) is 1. The predicted molar refractivity (Wildman–Crippen MR) is 76.2 cm³/mol. The SMILES string of the molecule is NC1=NS(=O)(=O)Nc2cccc(OCC3CCNC3)c21. The molecule has 1 fully saturated rings. The van der Waals surface area contributed by atoms with Crippen LogP contribution in [-0.4, -0.2) is 33.9 Å². The number of amidine groups is 1. The molecule has 8 heteroatoms. The summed E-state index contributed by atoms with van der Waals surface area (Å²) in [6.07, 6.45) is 1.07. The quantitative estimate of drug-likeness (QED) is 0.731. The van der Waals surface area contributed by atoms with E-state index in [1.54, 1.807) is 18.2 Å². The summed E-state index contributed by atoms with van der Waals surface area (Å²) >= 11 is 0. The average molecular weight is 296 g/mol. The van der Waals surface area contributed by atoms with Gasteiger partial charge in [-0.3, -0.25) is 4.72 Å². The first-order chi connectivity index (χ1) is 9.55. The van der Waals surface area contributed by atoms with E-state index in [0.29, 0.717) is 29.5 Å². The van der Waals surface area contributed by atoms with E-state index >= 15 is 0 Å². The van der Waals surface area contributed by atoms with Crippen molar-refractivity contribution in [1.82, 2.24) is 5.32 Å². The second-order valence-corrected chi connectivity index (χ2v) is 6.24. The molecule has 2 aliphatic rings. The van der Waals surface area contributed by atoms with Gasteiger partial charge in [0.2, 0.25) is 0 Å². The van der Waals surface area contributed by atoms with E-state index < -0.39 is 10.2 Å². The molecule has 1 aromatic rings. The van der Waals surface area contributed by atoms with Gasteiger partial charge in [-0.15, -0.1) is 4.40 Å². The molecule has 3 rings (SSSR count). The highest BCUT2D eigenvalue weighted by Gasteiger charge is 2.25. The summed E-state index contributed by atoms with van der Waals surface area (Å²) in [5, 5.41) is 3.27. The summed E-state index contributed by atoms with van der Waals surface area (Å²) in [6, 6.07) is 5.13. The van der Waals surface area contributed by atoms with Gasteiger partial charge in [0.25, 0.3) is 0 Å². The molecule has 2 aliphatic heterocycles. The smallest absolute Gasteiger partial charge is 0.344 e. The van der Waals surface area contributed by atoms with Gasteiger partial charge >= 0.3 is 10.2 Å². The van der Waals surface area contributed by atoms with Gasteiger partial charge in [-0.25, -0.2) is 0 Å². The molecular weight excluding hydrogens is 280 g/mol. The Morgan fingerprint density at radius 3 is 3.05 bits per heavy atom. The Balaban J connectivity index is 1.86. The fourth-order valence-corrected chi connectivity index (χ4v) is 3.25. The number of hydrogen-bond donors (Lipinski definition) is 3. The number of hydrogen-bond acceptors (Lipinski definition) is 5. The number of benzene rings is 1. The van der Waals surface area contributed by atoms with Crippen LogP contribution in [0.1, 0.15) is 12.0 Å². The zero-order valence-corrected chi connectivity index (χ0v) is 11.6. The Kier molecular flexibility index (Phi) is 3.27. The fraction of sp³-hybridized carbons (Fsp3) is 0.417. The maximum atomic E-state index is 11.5. The third-order valence-electron chi connectivity index (χ3n) is 3.38. The standard InChI is InChI=1S/C12H16N4O3S/c13-12-11-9(15-20(17,18)16-12)2-1-3-10(11)19-7-8-4-5-14-6-8/h1-3,8,14-15H,4-7H2,(H2,13,16). The number of rotatable bonds is 3. The molecule has 0 aromatic heterocycles. The molecule has 1 unspecified atom stereocenters. The predicted octanol–water partition coefficient (Wildman–Crippen LogP) is 0.0505. The molecule has 20 heavy (non-hydrogen) atoms. The van der Waals surface area contributed by atoms with Crippen molar-refractivity contribution in [3.05, 3.63) is 23.8 Å². The minimum absolute atomic E-state index is 0.0427. The van der Waals surface area contributed by atoms with Crippen LogP contribution >= 0.6 is 0 Å². The van der Waals surface area contributed by atoms with Crippen LogP contribution < -0.4 is 20.5 Å². The Hall–Kier alpha value is -1.80. The lowest BCUT2D eigenvalue weighted by atomic mass is 10.1. The molecule has 0 amide bonds. The molecule has 4 N–H and O–H groups in total. The molecule has 1 atom stereocenters. The first-order valence-corrected chi connectivity index (χ1v) is 7.84. The maximum absolute atomic E-state index is 11.5. The number of fused-ring (bicyclic) bond motifs is 1. The van der Waals surface area contributed by atoms with Crippen LogP contribution in [0.3, 0.4) is 0 Å². The molecule has 2 heterocycles. The Morgan fingerprint density at radius 1 is 1.45 bits per heavy atom. The summed E-state index contributed by atoms with van der Waals surface area (Å²) in [6.45, 7) is 2.51. The Morgan fingerprint density at radius 2 is 2.30 bits per heavy atom. The van der Waals surface area contributed by atoms with Crippen LogP contribution in [0.4, 0.5) is 5.69 Å². The van der Waals surface area contributed by atoms with Crippen molar-refractivity contribution in [2.24, 2.45) is 16.0 Å². The topological polar surface area (TPSA) is 106 Å². The second-order valence-electron chi connectivity index (χ2n) is 4.90. The van der Waals surface area contributed by atoms with E-state index in [9.17, 15) is 8.42 Å². The molecule has 108 valence electrons. The van der Waals surface area contributed by atoms with Gasteiger partial charge in [-0.2, -0.15) is 8.42 Å². The van der Waals surface area contributed by atoms with E-state index in [4.69, 9.17) is 10.5 Å². The molecule has 1 aromatic carbocycles. The van der Waals surface area contributed by atoms with E-state index in [0.717, 1.165) is 19.5 Å². The van der Waals surface area contributed by atoms with Crippen molar-refractivity contribution in [1.29, 1.82) is 0 Å². The van der Waals surface area contributed by atoms with Crippen molar-refractivity contribution in [3.8, 4) is 5.75 Å². The zero-order valence-electron chi connectivity index (χ0n) is 10.8. The molecule has 0 aliphatic carbocycles. The first-order valence-electron chi connectivity index (χ1n) is 6.40. The highest BCUT2D eigenvalue weighted by Crippen LogP contribution is 2.30.